The number of nitro benzene ring substituents is 1. The van der Waals surface area contributed by atoms with E-state index in [1.807, 2.05) is 12.1 Å². The summed E-state index contributed by atoms with van der Waals surface area (Å²) < 4.78 is 29.0. The highest BCUT2D eigenvalue weighted by atomic mass is 35.5. The van der Waals surface area contributed by atoms with Gasteiger partial charge in [-0.05, 0) is 35.0 Å². The van der Waals surface area contributed by atoms with Crippen LogP contribution in [0.1, 0.15) is 0 Å². The number of anilines is 1. The maximum Gasteiger partial charge on any atom is 0.289 e. The second kappa shape index (κ2) is 8.71. The molecule has 0 spiro atoms. The Hall–Kier alpha value is -4.34. The van der Waals surface area contributed by atoms with Crippen LogP contribution in [0.5, 0.6) is 11.5 Å². The zero-order valence-corrected chi connectivity index (χ0v) is 19.9. The van der Waals surface area contributed by atoms with E-state index in [1.54, 1.807) is 42.5 Å². The van der Waals surface area contributed by atoms with Gasteiger partial charge in [-0.2, -0.15) is 0 Å². The normalized spacial score (nSPS) is 11.6. The van der Waals surface area contributed by atoms with E-state index in [2.05, 4.69) is 4.72 Å². The van der Waals surface area contributed by atoms with Gasteiger partial charge in [0.05, 0.1) is 15.5 Å². The highest BCUT2D eigenvalue weighted by Crippen LogP contribution is 2.46. The number of nitrogens with zero attached hydrogens (tertiary/aromatic N) is 1. The smallest absolute Gasteiger partial charge is 0.289 e. The molecule has 0 unspecified atom stereocenters. The van der Waals surface area contributed by atoms with E-state index < -0.39 is 20.6 Å². The Balaban J connectivity index is 1.74. The lowest BCUT2D eigenvalue weighted by molar-refractivity contribution is -0.384. The molecule has 0 aromatic heterocycles. The summed E-state index contributed by atoms with van der Waals surface area (Å²) >= 11 is 5.84. The lowest BCUT2D eigenvalue weighted by Crippen LogP contribution is -2.13. The zero-order chi connectivity index (χ0) is 25.6. The van der Waals surface area contributed by atoms with Gasteiger partial charge in [0, 0.05) is 28.0 Å². The Morgan fingerprint density at radius 3 is 2.22 bits per heavy atom. The highest BCUT2D eigenvalue weighted by Gasteiger charge is 2.24. The van der Waals surface area contributed by atoms with Crippen LogP contribution in [-0.2, 0) is 10.0 Å². The predicted octanol–water partition coefficient (Wildman–Crippen LogP) is 6.43. The van der Waals surface area contributed by atoms with E-state index in [0.717, 1.165) is 23.6 Å². The van der Waals surface area contributed by atoms with Gasteiger partial charge >= 0.3 is 0 Å². The van der Waals surface area contributed by atoms with Crippen molar-refractivity contribution in [1.82, 2.24) is 0 Å². The van der Waals surface area contributed by atoms with Crippen molar-refractivity contribution in [2.75, 3.05) is 4.72 Å². The number of nitro groups is 1. The van der Waals surface area contributed by atoms with Crippen LogP contribution in [0.2, 0.25) is 5.02 Å². The van der Waals surface area contributed by atoms with E-state index in [9.17, 15) is 28.7 Å². The van der Waals surface area contributed by atoms with Crippen molar-refractivity contribution < 1.29 is 23.6 Å². The molecule has 8 nitrogen and oxygen atoms in total. The molecule has 0 aliphatic heterocycles. The van der Waals surface area contributed by atoms with Crippen LogP contribution in [0.15, 0.2) is 89.8 Å². The number of halogens is 1. The number of nitrogens with one attached hydrogen (secondary N) is 1. The van der Waals surface area contributed by atoms with Gasteiger partial charge in [-0.25, -0.2) is 8.42 Å². The van der Waals surface area contributed by atoms with Crippen molar-refractivity contribution in [2.24, 2.45) is 0 Å². The molecule has 10 heteroatoms. The SMILES string of the molecule is O=[N+]([O-])c1cc(S(=O)(=O)Nc2cc(-c3c(O)ccc4ccccc34)c(O)c3ccccc23)ccc1Cl. The number of phenols is 2. The Morgan fingerprint density at radius 1 is 0.833 bits per heavy atom. The molecule has 5 aromatic rings. The number of phenolic OH excluding ortho intramolecular Hbond substituents is 2. The minimum atomic E-state index is -4.30. The second-order valence-electron chi connectivity index (χ2n) is 8.02. The van der Waals surface area contributed by atoms with E-state index >= 15 is 0 Å². The summed E-state index contributed by atoms with van der Waals surface area (Å²) in [6.07, 6.45) is 0. The molecule has 5 aromatic carbocycles. The molecule has 36 heavy (non-hydrogen) atoms. The third kappa shape index (κ3) is 3.94. The molecule has 0 saturated heterocycles. The third-order valence-electron chi connectivity index (χ3n) is 5.86. The fourth-order valence-electron chi connectivity index (χ4n) is 4.18. The summed E-state index contributed by atoms with van der Waals surface area (Å²) in [4.78, 5) is 10.1. The van der Waals surface area contributed by atoms with Crippen molar-refractivity contribution in [3.8, 4) is 22.6 Å². The molecule has 0 heterocycles. The predicted molar refractivity (Wildman–Crippen MR) is 139 cm³/mol. The van der Waals surface area contributed by atoms with Gasteiger partial charge in [-0.15, -0.1) is 0 Å². The molecule has 0 aliphatic rings. The lowest BCUT2D eigenvalue weighted by atomic mass is 9.93. The van der Waals surface area contributed by atoms with Crippen LogP contribution in [0.4, 0.5) is 11.4 Å². The molecule has 0 radical (unpaired) electrons. The van der Waals surface area contributed by atoms with Crippen molar-refractivity contribution in [3.05, 3.63) is 100 Å². The molecule has 0 bridgehead atoms. The number of rotatable bonds is 5. The summed E-state index contributed by atoms with van der Waals surface area (Å²) in [5.41, 5.74) is 0.113. The Kier molecular flexibility index (Phi) is 5.66. The van der Waals surface area contributed by atoms with Gasteiger partial charge in [0.2, 0.25) is 0 Å². The fourth-order valence-corrected chi connectivity index (χ4v) is 5.46. The zero-order valence-electron chi connectivity index (χ0n) is 18.3. The van der Waals surface area contributed by atoms with Gasteiger partial charge in [-0.1, -0.05) is 66.2 Å². The first-order valence-corrected chi connectivity index (χ1v) is 12.5. The minimum Gasteiger partial charge on any atom is -0.507 e. The van der Waals surface area contributed by atoms with Crippen molar-refractivity contribution in [2.45, 2.75) is 4.90 Å². The van der Waals surface area contributed by atoms with E-state index in [1.165, 1.54) is 12.1 Å². The van der Waals surface area contributed by atoms with Crippen LogP contribution in [0.25, 0.3) is 32.7 Å². The third-order valence-corrected chi connectivity index (χ3v) is 7.54. The number of hydrogen-bond acceptors (Lipinski definition) is 6. The maximum atomic E-state index is 13.3. The first-order valence-electron chi connectivity index (χ1n) is 10.6. The number of fused-ring (bicyclic) bond motifs is 2. The monoisotopic (exact) mass is 520 g/mol. The summed E-state index contributed by atoms with van der Waals surface area (Å²) in [7, 11) is -4.30. The van der Waals surface area contributed by atoms with Crippen LogP contribution >= 0.6 is 11.6 Å². The summed E-state index contributed by atoms with van der Waals surface area (Å²) in [6.45, 7) is 0. The summed E-state index contributed by atoms with van der Waals surface area (Å²) in [5, 5.41) is 35.2. The first-order chi connectivity index (χ1) is 17.2. The van der Waals surface area contributed by atoms with E-state index in [-0.39, 0.29) is 32.7 Å². The van der Waals surface area contributed by atoms with Gasteiger partial charge < -0.3 is 10.2 Å². The Bertz CT molecular complexity index is 1800. The molecule has 0 fully saturated rings. The first kappa shape index (κ1) is 23.4. The standard InChI is InChI=1S/C26H17ClN2O6S/c27-21-11-10-16(13-23(21)29(32)33)36(34,35)28-22-14-20(26(31)19-8-4-3-7-18(19)22)25-17-6-2-1-5-15(17)9-12-24(25)30/h1-14,28,30-31H. The second-order valence-corrected chi connectivity index (χ2v) is 10.1. The van der Waals surface area contributed by atoms with Crippen molar-refractivity contribution in [3.63, 3.8) is 0 Å². The van der Waals surface area contributed by atoms with Crippen LogP contribution in [0.3, 0.4) is 0 Å². The molecule has 180 valence electrons. The van der Waals surface area contributed by atoms with Crippen LogP contribution in [0, 0.1) is 10.1 Å². The molecule has 0 aliphatic carbocycles. The average Bonchev–Trinajstić information content (AvgIpc) is 2.86. The summed E-state index contributed by atoms with van der Waals surface area (Å²) in [6, 6.07) is 21.8. The van der Waals surface area contributed by atoms with Crippen LogP contribution < -0.4 is 4.72 Å². The van der Waals surface area contributed by atoms with Gasteiger partial charge in [0.25, 0.3) is 15.7 Å². The molecular formula is C26H17ClN2O6S. The van der Waals surface area contributed by atoms with Crippen molar-refractivity contribution >= 4 is 54.5 Å². The Morgan fingerprint density at radius 2 is 1.50 bits per heavy atom. The van der Waals surface area contributed by atoms with Gasteiger partial charge in [-0.3, -0.25) is 14.8 Å². The molecular weight excluding hydrogens is 504 g/mol. The highest BCUT2D eigenvalue weighted by molar-refractivity contribution is 7.92. The van der Waals surface area contributed by atoms with Gasteiger partial charge in [0.1, 0.15) is 16.5 Å². The van der Waals surface area contributed by atoms with E-state index in [0.29, 0.717) is 21.7 Å². The lowest BCUT2D eigenvalue weighted by Gasteiger charge is -2.17. The van der Waals surface area contributed by atoms with Gasteiger partial charge in [0.15, 0.2) is 0 Å². The molecule has 0 amide bonds. The molecule has 0 atom stereocenters. The number of benzene rings is 5. The quantitative estimate of drug-likeness (QED) is 0.139. The average molecular weight is 521 g/mol. The fraction of sp³-hybridized carbons (Fsp3) is 0. The largest absolute Gasteiger partial charge is 0.507 e. The topological polar surface area (TPSA) is 130 Å². The number of aromatic hydroxyl groups is 2. The molecule has 5 rings (SSSR count). The Labute approximate surface area is 210 Å². The van der Waals surface area contributed by atoms with Crippen molar-refractivity contribution in [1.29, 1.82) is 0 Å². The molecule has 0 saturated carbocycles. The van der Waals surface area contributed by atoms with Crippen LogP contribution in [-0.4, -0.2) is 23.6 Å². The summed E-state index contributed by atoms with van der Waals surface area (Å²) in [5.74, 6) is -0.233. The molecule has 3 N–H and O–H groups in total. The number of sulfonamides is 1. The number of hydrogen-bond donors (Lipinski definition) is 3. The maximum absolute atomic E-state index is 13.3. The minimum absolute atomic E-state index is 0.0959. The van der Waals surface area contributed by atoms with E-state index in [4.69, 9.17) is 11.6 Å².